The molecule has 0 aliphatic heterocycles. The summed E-state index contributed by atoms with van der Waals surface area (Å²) < 4.78 is 2.26. The number of nitrogens with one attached hydrogen (secondary N) is 1. The summed E-state index contributed by atoms with van der Waals surface area (Å²) in [5.74, 6) is 3.57. The fraction of sp³-hybridized carbons (Fsp3) is 0.684. The second kappa shape index (κ2) is 6.50. The van der Waals surface area contributed by atoms with E-state index in [0.29, 0.717) is 17.8 Å². The highest BCUT2D eigenvalue weighted by atomic mass is 15.1. The maximum atomic E-state index is 4.69. The molecule has 1 atom stereocenters. The van der Waals surface area contributed by atoms with Gasteiger partial charge in [-0.25, -0.2) is 9.97 Å². The molecule has 0 aromatic carbocycles. The molecule has 0 fully saturated rings. The highest BCUT2D eigenvalue weighted by Crippen LogP contribution is 2.34. The predicted molar refractivity (Wildman–Crippen MR) is 96.0 cm³/mol. The van der Waals surface area contributed by atoms with Crippen LogP contribution in [-0.2, 0) is 12.5 Å². The van der Waals surface area contributed by atoms with Gasteiger partial charge in [0.2, 0.25) is 0 Å². The van der Waals surface area contributed by atoms with Gasteiger partial charge in [0, 0.05) is 48.1 Å². The molecule has 2 rings (SSSR count). The van der Waals surface area contributed by atoms with E-state index in [4.69, 9.17) is 0 Å². The topological polar surface area (TPSA) is 46.5 Å². The van der Waals surface area contributed by atoms with Crippen LogP contribution in [0.1, 0.15) is 95.7 Å². The second-order valence-electron chi connectivity index (χ2n) is 8.08. The molecule has 0 saturated carbocycles. The molecule has 4 nitrogen and oxygen atoms in total. The van der Waals surface area contributed by atoms with E-state index in [1.165, 1.54) is 17.2 Å². The van der Waals surface area contributed by atoms with Gasteiger partial charge in [-0.1, -0.05) is 48.5 Å². The summed E-state index contributed by atoms with van der Waals surface area (Å²) in [6, 6.07) is 0. The normalized spacial score (nSPS) is 14.0. The molecule has 1 N–H and O–H groups in total. The van der Waals surface area contributed by atoms with Crippen molar-refractivity contribution < 1.29 is 0 Å². The highest BCUT2D eigenvalue weighted by Gasteiger charge is 2.28. The van der Waals surface area contributed by atoms with Gasteiger partial charge in [-0.05, 0) is 12.3 Å². The molecular formula is C19H32N4. The van der Waals surface area contributed by atoms with Crippen molar-refractivity contribution in [3.8, 4) is 0 Å². The Morgan fingerprint density at radius 3 is 2.17 bits per heavy atom. The number of rotatable bonds is 6. The van der Waals surface area contributed by atoms with Crippen molar-refractivity contribution in [1.29, 1.82) is 0 Å². The summed E-state index contributed by atoms with van der Waals surface area (Å²) in [6.45, 7) is 15.6. The Labute approximate surface area is 140 Å². The van der Waals surface area contributed by atoms with Gasteiger partial charge in [0.25, 0.3) is 0 Å². The molecule has 0 spiro atoms. The SMILES string of the molecule is CC(C)c1ncc(C(C)(C)CC(C)c2ncc(C(C)C)n2C)[nH]1. The lowest BCUT2D eigenvalue weighted by Gasteiger charge is -2.27. The fourth-order valence-electron chi connectivity index (χ4n) is 3.37. The number of H-pyrrole nitrogens is 1. The van der Waals surface area contributed by atoms with Gasteiger partial charge in [-0.3, -0.25) is 0 Å². The zero-order valence-electron chi connectivity index (χ0n) is 15.9. The van der Waals surface area contributed by atoms with Gasteiger partial charge in [-0.15, -0.1) is 0 Å². The minimum atomic E-state index is 0.0451. The number of hydrogen-bond acceptors (Lipinski definition) is 2. The lowest BCUT2D eigenvalue weighted by atomic mass is 9.80. The predicted octanol–water partition coefficient (Wildman–Crippen LogP) is 4.86. The molecule has 23 heavy (non-hydrogen) atoms. The van der Waals surface area contributed by atoms with Crippen LogP contribution in [0.5, 0.6) is 0 Å². The first-order valence-corrected chi connectivity index (χ1v) is 8.70. The lowest BCUT2D eigenvalue weighted by Crippen LogP contribution is -2.22. The minimum Gasteiger partial charge on any atom is -0.345 e. The number of hydrogen-bond donors (Lipinski definition) is 1. The quantitative estimate of drug-likeness (QED) is 0.827. The highest BCUT2D eigenvalue weighted by molar-refractivity contribution is 5.18. The second-order valence-corrected chi connectivity index (χ2v) is 8.08. The Balaban J connectivity index is 2.19. The van der Waals surface area contributed by atoms with E-state index in [1.54, 1.807) is 0 Å². The summed E-state index contributed by atoms with van der Waals surface area (Å²) in [5, 5.41) is 0. The smallest absolute Gasteiger partial charge is 0.111 e. The summed E-state index contributed by atoms with van der Waals surface area (Å²) in [6.07, 6.45) is 5.06. The average Bonchev–Trinajstić information content (AvgIpc) is 3.04. The zero-order valence-corrected chi connectivity index (χ0v) is 15.9. The molecule has 0 aliphatic carbocycles. The third-order valence-electron chi connectivity index (χ3n) is 4.78. The van der Waals surface area contributed by atoms with Crippen LogP contribution >= 0.6 is 0 Å². The first-order chi connectivity index (χ1) is 10.6. The standard InChI is InChI=1S/C19H32N4/c1-12(2)15-10-21-18(23(15)8)14(5)9-19(6,7)16-11-20-17(22-16)13(3)4/h10-14H,9H2,1-8H3,(H,20,22). The van der Waals surface area contributed by atoms with Crippen molar-refractivity contribution in [3.63, 3.8) is 0 Å². The van der Waals surface area contributed by atoms with Crippen LogP contribution in [0, 0.1) is 0 Å². The molecule has 0 amide bonds. The van der Waals surface area contributed by atoms with Crippen LogP contribution in [0.3, 0.4) is 0 Å². The van der Waals surface area contributed by atoms with E-state index in [0.717, 1.165) is 12.2 Å². The van der Waals surface area contributed by atoms with E-state index in [1.807, 2.05) is 12.4 Å². The Morgan fingerprint density at radius 1 is 1.04 bits per heavy atom. The van der Waals surface area contributed by atoms with E-state index < -0.39 is 0 Å². The van der Waals surface area contributed by atoms with Gasteiger partial charge in [0.15, 0.2) is 0 Å². The summed E-state index contributed by atoms with van der Waals surface area (Å²) in [5.41, 5.74) is 2.56. The fourth-order valence-corrected chi connectivity index (χ4v) is 3.37. The van der Waals surface area contributed by atoms with Gasteiger partial charge in [0.05, 0.1) is 0 Å². The maximum absolute atomic E-state index is 4.69. The third kappa shape index (κ3) is 3.67. The molecule has 0 aliphatic rings. The minimum absolute atomic E-state index is 0.0451. The van der Waals surface area contributed by atoms with Crippen LogP contribution in [0.15, 0.2) is 12.4 Å². The van der Waals surface area contributed by atoms with Crippen molar-refractivity contribution in [2.75, 3.05) is 0 Å². The van der Waals surface area contributed by atoms with Crippen molar-refractivity contribution >= 4 is 0 Å². The van der Waals surface area contributed by atoms with Crippen LogP contribution < -0.4 is 0 Å². The van der Waals surface area contributed by atoms with Crippen molar-refractivity contribution in [2.45, 2.75) is 78.1 Å². The van der Waals surface area contributed by atoms with Gasteiger partial charge < -0.3 is 9.55 Å². The summed E-state index contributed by atoms with van der Waals surface area (Å²) in [7, 11) is 2.13. The van der Waals surface area contributed by atoms with Crippen LogP contribution in [-0.4, -0.2) is 19.5 Å². The number of imidazole rings is 2. The molecule has 2 aromatic rings. The number of aromatic amines is 1. The van der Waals surface area contributed by atoms with Crippen molar-refractivity contribution in [3.05, 3.63) is 35.4 Å². The van der Waals surface area contributed by atoms with E-state index in [2.05, 4.69) is 75.0 Å². The molecule has 2 heterocycles. The van der Waals surface area contributed by atoms with Crippen LogP contribution in [0.2, 0.25) is 0 Å². The lowest BCUT2D eigenvalue weighted by molar-refractivity contribution is 0.414. The summed E-state index contributed by atoms with van der Waals surface area (Å²) in [4.78, 5) is 12.7. The molecule has 0 radical (unpaired) electrons. The molecule has 0 saturated heterocycles. The van der Waals surface area contributed by atoms with Crippen molar-refractivity contribution in [2.24, 2.45) is 7.05 Å². The molecule has 1 unspecified atom stereocenters. The van der Waals surface area contributed by atoms with Gasteiger partial charge >= 0.3 is 0 Å². The maximum Gasteiger partial charge on any atom is 0.111 e. The van der Waals surface area contributed by atoms with Gasteiger partial charge in [-0.2, -0.15) is 0 Å². The van der Waals surface area contributed by atoms with E-state index in [9.17, 15) is 0 Å². The Bertz CT molecular complexity index is 646. The molecule has 2 aromatic heterocycles. The molecule has 4 heteroatoms. The monoisotopic (exact) mass is 316 g/mol. The number of nitrogens with zero attached hydrogens (tertiary/aromatic N) is 3. The average molecular weight is 316 g/mol. The number of aromatic nitrogens is 4. The molecular weight excluding hydrogens is 284 g/mol. The van der Waals surface area contributed by atoms with E-state index >= 15 is 0 Å². The first kappa shape index (κ1) is 17.8. The van der Waals surface area contributed by atoms with E-state index in [-0.39, 0.29) is 5.41 Å². The Kier molecular flexibility index (Phi) is 5.02. The van der Waals surface area contributed by atoms with Crippen LogP contribution in [0.4, 0.5) is 0 Å². The summed E-state index contributed by atoms with van der Waals surface area (Å²) >= 11 is 0. The molecule has 0 bridgehead atoms. The largest absolute Gasteiger partial charge is 0.345 e. The Morgan fingerprint density at radius 2 is 1.70 bits per heavy atom. The third-order valence-corrected chi connectivity index (χ3v) is 4.78. The molecule has 128 valence electrons. The first-order valence-electron chi connectivity index (χ1n) is 8.70. The van der Waals surface area contributed by atoms with Gasteiger partial charge in [0.1, 0.15) is 11.6 Å². The van der Waals surface area contributed by atoms with Crippen LogP contribution in [0.25, 0.3) is 0 Å². The Hall–Kier alpha value is -1.58. The zero-order chi connectivity index (χ0) is 17.4. The van der Waals surface area contributed by atoms with Crippen molar-refractivity contribution in [1.82, 2.24) is 19.5 Å².